The monoisotopic (exact) mass is 453 g/mol. The van der Waals surface area contributed by atoms with Crippen molar-refractivity contribution in [2.24, 2.45) is 0 Å². The average Bonchev–Trinajstić information content (AvgIpc) is 3.31. The first-order chi connectivity index (χ1) is 15.5. The molecule has 1 atom stereocenters. The molecule has 7 nitrogen and oxygen atoms in total. The van der Waals surface area contributed by atoms with Crippen molar-refractivity contribution in [2.75, 3.05) is 11.9 Å². The van der Waals surface area contributed by atoms with Gasteiger partial charge in [0.1, 0.15) is 28.3 Å². The Balaban J connectivity index is 1.31. The van der Waals surface area contributed by atoms with Crippen LogP contribution in [0.3, 0.4) is 0 Å². The van der Waals surface area contributed by atoms with Gasteiger partial charge in [-0.1, -0.05) is 0 Å². The van der Waals surface area contributed by atoms with Gasteiger partial charge in [0, 0.05) is 35.8 Å². The van der Waals surface area contributed by atoms with Gasteiger partial charge >= 0.3 is 0 Å². The van der Waals surface area contributed by atoms with Crippen LogP contribution in [0.25, 0.3) is 10.2 Å². The van der Waals surface area contributed by atoms with Gasteiger partial charge < -0.3 is 19.8 Å². The van der Waals surface area contributed by atoms with Crippen LogP contribution in [0, 0.1) is 0 Å². The summed E-state index contributed by atoms with van der Waals surface area (Å²) in [7, 11) is 0. The summed E-state index contributed by atoms with van der Waals surface area (Å²) in [6.07, 6.45) is 5.79. The molecule has 0 spiro atoms. The van der Waals surface area contributed by atoms with Gasteiger partial charge in [0.25, 0.3) is 5.56 Å². The standard InChI is InChI=1S/C24H27N3O4S/c1-3-30-18-11-14-10-13(2)31-17(14)12-16(18)25-21(28)9-8-20-26-23(29)22-15-6-4-5-7-19(15)32-24(22)27-20/h11-13H,3-10H2,1-2H3,(H,25,28)(H,26,27,29). The van der Waals surface area contributed by atoms with Gasteiger partial charge in [0.05, 0.1) is 17.7 Å². The topological polar surface area (TPSA) is 93.3 Å². The van der Waals surface area contributed by atoms with Crippen molar-refractivity contribution in [3.05, 3.63) is 44.3 Å². The zero-order valence-corrected chi connectivity index (χ0v) is 19.2. The molecule has 168 valence electrons. The van der Waals surface area contributed by atoms with Gasteiger partial charge in [0.15, 0.2) is 0 Å². The molecule has 0 bridgehead atoms. The number of ether oxygens (including phenoxy) is 2. The smallest absolute Gasteiger partial charge is 0.259 e. The highest BCUT2D eigenvalue weighted by Gasteiger charge is 2.23. The number of nitrogens with zero attached hydrogens (tertiary/aromatic N) is 1. The molecule has 5 rings (SSSR count). The lowest BCUT2D eigenvalue weighted by molar-refractivity contribution is -0.116. The number of rotatable bonds is 6. The van der Waals surface area contributed by atoms with Gasteiger partial charge in [-0.2, -0.15) is 0 Å². The highest BCUT2D eigenvalue weighted by molar-refractivity contribution is 7.18. The largest absolute Gasteiger partial charge is 0.492 e. The van der Waals surface area contributed by atoms with E-state index in [0.717, 1.165) is 47.2 Å². The second-order valence-corrected chi connectivity index (χ2v) is 9.56. The maximum Gasteiger partial charge on any atom is 0.259 e. The van der Waals surface area contributed by atoms with Gasteiger partial charge in [-0.15, -0.1) is 11.3 Å². The normalized spacial score (nSPS) is 17.0. The summed E-state index contributed by atoms with van der Waals surface area (Å²) < 4.78 is 11.6. The Bertz CT molecular complexity index is 1250. The van der Waals surface area contributed by atoms with E-state index < -0.39 is 0 Å². The first kappa shape index (κ1) is 21.0. The molecule has 0 saturated carbocycles. The maximum absolute atomic E-state index is 12.7. The van der Waals surface area contributed by atoms with E-state index in [-0.39, 0.29) is 24.0 Å². The second-order valence-electron chi connectivity index (χ2n) is 8.47. The number of aromatic nitrogens is 2. The van der Waals surface area contributed by atoms with Crippen LogP contribution in [-0.2, 0) is 30.5 Å². The van der Waals surface area contributed by atoms with E-state index in [4.69, 9.17) is 9.47 Å². The molecular weight excluding hydrogens is 426 g/mol. The minimum absolute atomic E-state index is 0.0895. The molecule has 3 aromatic rings. The lowest BCUT2D eigenvalue weighted by Crippen LogP contribution is -2.17. The summed E-state index contributed by atoms with van der Waals surface area (Å²) >= 11 is 1.62. The molecule has 0 radical (unpaired) electrons. The van der Waals surface area contributed by atoms with Gasteiger partial charge in [-0.3, -0.25) is 9.59 Å². The fraction of sp³-hybridized carbons (Fsp3) is 0.458. The predicted molar refractivity (Wildman–Crippen MR) is 125 cm³/mol. The van der Waals surface area contributed by atoms with Crippen molar-refractivity contribution in [2.45, 2.75) is 64.9 Å². The number of nitrogens with one attached hydrogen (secondary N) is 2. The molecule has 1 aliphatic carbocycles. The number of hydrogen-bond acceptors (Lipinski definition) is 6. The van der Waals surface area contributed by atoms with E-state index in [1.54, 1.807) is 11.3 Å². The highest BCUT2D eigenvalue weighted by atomic mass is 32.1. The Hall–Kier alpha value is -2.87. The van der Waals surface area contributed by atoms with E-state index in [9.17, 15) is 9.59 Å². The molecule has 0 saturated heterocycles. The summed E-state index contributed by atoms with van der Waals surface area (Å²) in [6, 6.07) is 3.79. The Morgan fingerprint density at radius 3 is 3.03 bits per heavy atom. The molecule has 0 fully saturated rings. The number of thiophene rings is 1. The number of fused-ring (bicyclic) bond motifs is 4. The number of H-pyrrole nitrogens is 1. The zero-order valence-electron chi connectivity index (χ0n) is 18.4. The zero-order chi connectivity index (χ0) is 22.2. The molecule has 8 heteroatoms. The van der Waals surface area contributed by atoms with Gasteiger partial charge in [0.2, 0.25) is 5.91 Å². The van der Waals surface area contributed by atoms with E-state index >= 15 is 0 Å². The number of hydrogen-bond donors (Lipinski definition) is 2. The number of anilines is 1. The molecule has 3 heterocycles. The fourth-order valence-electron chi connectivity index (χ4n) is 4.58. The average molecular weight is 454 g/mol. The minimum Gasteiger partial charge on any atom is -0.492 e. The number of aryl methyl sites for hydroxylation is 3. The Kier molecular flexibility index (Phi) is 5.63. The maximum atomic E-state index is 12.7. The van der Waals surface area contributed by atoms with Crippen LogP contribution >= 0.6 is 11.3 Å². The Labute approximate surface area is 190 Å². The SMILES string of the molecule is CCOc1cc2c(cc1NC(=O)CCc1nc3sc4c(c3c(=O)[nH]1)CCCC4)OC(C)C2. The lowest BCUT2D eigenvalue weighted by atomic mass is 9.97. The van der Waals surface area contributed by atoms with Crippen molar-refractivity contribution in [1.29, 1.82) is 0 Å². The van der Waals surface area contributed by atoms with Crippen LogP contribution in [0.2, 0.25) is 0 Å². The quantitative estimate of drug-likeness (QED) is 0.585. The summed E-state index contributed by atoms with van der Waals surface area (Å²) in [5.41, 5.74) is 2.78. The first-order valence-corrected chi connectivity index (χ1v) is 12.1. The fourth-order valence-corrected chi connectivity index (χ4v) is 5.86. The summed E-state index contributed by atoms with van der Waals surface area (Å²) in [5, 5.41) is 3.68. The van der Waals surface area contributed by atoms with Gasteiger partial charge in [-0.05, 0) is 51.2 Å². The molecule has 1 unspecified atom stereocenters. The summed E-state index contributed by atoms with van der Waals surface area (Å²) in [6.45, 7) is 4.44. The molecule has 2 aromatic heterocycles. The molecule has 2 aliphatic rings. The Morgan fingerprint density at radius 2 is 2.19 bits per heavy atom. The Morgan fingerprint density at radius 1 is 1.34 bits per heavy atom. The van der Waals surface area contributed by atoms with Crippen LogP contribution in [-0.4, -0.2) is 28.6 Å². The lowest BCUT2D eigenvalue weighted by Gasteiger charge is -2.13. The van der Waals surface area contributed by atoms with Crippen molar-refractivity contribution in [1.82, 2.24) is 9.97 Å². The van der Waals surface area contributed by atoms with Crippen molar-refractivity contribution in [3.8, 4) is 11.5 Å². The minimum atomic E-state index is -0.162. The molecular formula is C24H27N3O4S. The number of carbonyl (C=O) groups is 1. The van der Waals surface area contributed by atoms with Crippen LogP contribution in [0.5, 0.6) is 11.5 Å². The van der Waals surface area contributed by atoms with Gasteiger partial charge in [-0.25, -0.2) is 4.98 Å². The number of benzene rings is 1. The van der Waals surface area contributed by atoms with Crippen LogP contribution in [0.4, 0.5) is 5.69 Å². The van der Waals surface area contributed by atoms with E-state index in [1.165, 1.54) is 16.9 Å². The van der Waals surface area contributed by atoms with E-state index in [0.29, 0.717) is 30.3 Å². The van der Waals surface area contributed by atoms with Crippen molar-refractivity contribution >= 4 is 33.1 Å². The van der Waals surface area contributed by atoms with Crippen LogP contribution < -0.4 is 20.3 Å². The van der Waals surface area contributed by atoms with E-state index in [1.807, 2.05) is 26.0 Å². The third kappa shape index (κ3) is 3.99. The first-order valence-electron chi connectivity index (χ1n) is 11.3. The molecule has 1 aliphatic heterocycles. The molecule has 1 aromatic carbocycles. The van der Waals surface area contributed by atoms with Crippen LogP contribution in [0.1, 0.15) is 54.9 Å². The third-order valence-electron chi connectivity index (χ3n) is 6.04. The molecule has 2 N–H and O–H groups in total. The van der Waals surface area contributed by atoms with Crippen molar-refractivity contribution in [3.63, 3.8) is 0 Å². The van der Waals surface area contributed by atoms with Crippen molar-refractivity contribution < 1.29 is 14.3 Å². The molecule has 1 amide bonds. The predicted octanol–water partition coefficient (Wildman–Crippen LogP) is 4.16. The summed E-state index contributed by atoms with van der Waals surface area (Å²) in [5.74, 6) is 1.82. The molecule has 32 heavy (non-hydrogen) atoms. The number of amides is 1. The van der Waals surface area contributed by atoms with Crippen LogP contribution in [0.15, 0.2) is 16.9 Å². The van der Waals surface area contributed by atoms with E-state index in [2.05, 4.69) is 15.3 Å². The third-order valence-corrected chi connectivity index (χ3v) is 7.22. The number of carbonyl (C=O) groups excluding carboxylic acids is 1. The number of aromatic amines is 1. The second kappa shape index (κ2) is 8.58. The highest BCUT2D eigenvalue weighted by Crippen LogP contribution is 2.38. The summed E-state index contributed by atoms with van der Waals surface area (Å²) in [4.78, 5) is 35.0.